The molecule has 47 heavy (non-hydrogen) atoms. The van der Waals surface area contributed by atoms with Gasteiger partial charge in [0.1, 0.15) is 18.2 Å². The third-order valence-corrected chi connectivity index (χ3v) is 12.8. The number of thioether (sulfide) groups is 1. The first-order valence-electron chi connectivity index (χ1n) is 16.1. The number of likely N-dealkylation sites (tertiary alicyclic amines) is 1. The first-order chi connectivity index (χ1) is 22.7. The van der Waals surface area contributed by atoms with Crippen LogP contribution in [0.25, 0.3) is 11.0 Å². The standard InChI is InChI=1S/C35H41BrN6O4S/c1-5-16-39(21-41-27-15-11-10-14-26(27)37-38-41)34(46)31-35-19-25(36)30(47-35)28(29(35)33(45)42(31)24(20-43)18-22(3)4)32(44)40(17-6-2)23-12-8-7-9-13-23/h5-15,22,24-25,28-31,43H,1-2,16-21H2,3-4H3/t24-,25?,28-,29+,30-,31?,35?/m1/s1. The summed E-state index contributed by atoms with van der Waals surface area (Å²) in [6, 6.07) is 15.5. The number of halogens is 1. The summed E-state index contributed by atoms with van der Waals surface area (Å²) < 4.78 is 0.800. The van der Waals surface area contributed by atoms with E-state index in [0.29, 0.717) is 18.4 Å². The summed E-state index contributed by atoms with van der Waals surface area (Å²) >= 11 is 5.47. The molecule has 2 aromatic carbocycles. The summed E-state index contributed by atoms with van der Waals surface area (Å²) in [5.74, 6) is -1.90. The Kier molecular flexibility index (Phi) is 9.64. The van der Waals surface area contributed by atoms with Crippen LogP contribution in [0.2, 0.25) is 0 Å². The fourth-order valence-corrected chi connectivity index (χ4v) is 11.4. The number of carbonyl (C=O) groups excluding carboxylic acids is 3. The molecule has 2 bridgehead atoms. The molecule has 7 atom stereocenters. The van der Waals surface area contributed by atoms with Crippen LogP contribution in [-0.2, 0) is 21.1 Å². The lowest BCUT2D eigenvalue weighted by molar-refractivity contribution is -0.146. The lowest BCUT2D eigenvalue weighted by atomic mass is 9.70. The number of nitrogens with zero attached hydrogens (tertiary/aromatic N) is 6. The number of anilines is 1. The molecule has 3 saturated heterocycles. The number of rotatable bonds is 13. The van der Waals surface area contributed by atoms with Crippen molar-refractivity contribution in [2.24, 2.45) is 17.8 Å². The normalized spacial score (nSPS) is 26.9. The molecule has 3 aromatic rings. The quantitative estimate of drug-likeness (QED) is 0.205. The Labute approximate surface area is 288 Å². The largest absolute Gasteiger partial charge is 0.394 e. The number of benzene rings is 2. The molecule has 3 unspecified atom stereocenters. The van der Waals surface area contributed by atoms with Crippen molar-refractivity contribution in [1.29, 1.82) is 0 Å². The molecule has 4 heterocycles. The molecule has 3 aliphatic heterocycles. The number of aliphatic hydroxyl groups excluding tert-OH is 1. The predicted octanol–water partition coefficient (Wildman–Crippen LogP) is 4.49. The van der Waals surface area contributed by atoms with Crippen molar-refractivity contribution in [2.75, 3.05) is 24.6 Å². The maximum absolute atomic E-state index is 15.0. The molecule has 0 saturated carbocycles. The lowest BCUT2D eigenvalue weighted by Crippen LogP contribution is -2.58. The molecule has 3 fully saturated rings. The molecule has 3 aliphatic rings. The maximum Gasteiger partial charge on any atom is 0.248 e. The highest BCUT2D eigenvalue weighted by Gasteiger charge is 2.76. The van der Waals surface area contributed by atoms with Crippen LogP contribution in [-0.4, -0.2) is 94.2 Å². The van der Waals surface area contributed by atoms with Gasteiger partial charge in [0.15, 0.2) is 0 Å². The first-order valence-corrected chi connectivity index (χ1v) is 17.9. The number of fused-ring (bicyclic) bond motifs is 2. The summed E-state index contributed by atoms with van der Waals surface area (Å²) in [4.78, 5) is 49.4. The van der Waals surface area contributed by atoms with Crippen molar-refractivity contribution in [3.8, 4) is 0 Å². The van der Waals surface area contributed by atoms with Crippen LogP contribution in [0.3, 0.4) is 0 Å². The first kappa shape index (κ1) is 33.4. The topological polar surface area (TPSA) is 112 Å². The molecule has 6 rings (SSSR count). The van der Waals surface area contributed by atoms with Crippen LogP contribution in [0, 0.1) is 17.8 Å². The van der Waals surface area contributed by atoms with Crippen molar-refractivity contribution >= 4 is 62.1 Å². The van der Waals surface area contributed by atoms with Gasteiger partial charge in [0.2, 0.25) is 17.7 Å². The second-order valence-electron chi connectivity index (χ2n) is 13.0. The Balaban J connectivity index is 1.43. The minimum Gasteiger partial charge on any atom is -0.394 e. The molecule has 248 valence electrons. The Morgan fingerprint density at radius 1 is 1.11 bits per heavy atom. The van der Waals surface area contributed by atoms with E-state index in [2.05, 4.69) is 39.4 Å². The number of para-hydroxylation sites is 2. The van der Waals surface area contributed by atoms with Gasteiger partial charge in [-0.3, -0.25) is 14.4 Å². The SMILES string of the molecule is C=CCN(Cn1nnc2ccccc21)C(=O)C1N([C@@H](CO)CC(C)C)C(=O)[C@@H]2[C@@H](C(=O)N(CC=C)c3ccccc3)[C@@H]3SC12CC3Br. The number of carbonyl (C=O) groups is 3. The Morgan fingerprint density at radius 2 is 1.81 bits per heavy atom. The van der Waals surface area contributed by atoms with Gasteiger partial charge in [0.05, 0.1) is 34.7 Å². The van der Waals surface area contributed by atoms with Crippen molar-refractivity contribution < 1.29 is 19.5 Å². The van der Waals surface area contributed by atoms with Crippen molar-refractivity contribution in [2.45, 2.75) is 60.3 Å². The van der Waals surface area contributed by atoms with E-state index in [0.717, 1.165) is 11.2 Å². The van der Waals surface area contributed by atoms with Gasteiger partial charge in [0.25, 0.3) is 0 Å². The van der Waals surface area contributed by atoms with Crippen LogP contribution in [0.15, 0.2) is 79.9 Å². The zero-order valence-corrected chi connectivity index (χ0v) is 29.1. The fraction of sp³-hybridized carbons (Fsp3) is 0.457. The van der Waals surface area contributed by atoms with Gasteiger partial charge in [-0.1, -0.05) is 77.5 Å². The molecule has 3 amide bonds. The van der Waals surface area contributed by atoms with Crippen LogP contribution in [0.1, 0.15) is 26.7 Å². The molecule has 0 radical (unpaired) electrons. The summed E-state index contributed by atoms with van der Waals surface area (Å²) in [5.41, 5.74) is 2.22. The Hall–Kier alpha value is -3.48. The van der Waals surface area contributed by atoms with Gasteiger partial charge < -0.3 is 19.8 Å². The van der Waals surface area contributed by atoms with E-state index in [9.17, 15) is 14.7 Å². The second-order valence-corrected chi connectivity index (χ2v) is 15.7. The number of amides is 3. The monoisotopic (exact) mass is 720 g/mol. The van der Waals surface area contributed by atoms with E-state index in [4.69, 9.17) is 0 Å². The van der Waals surface area contributed by atoms with Crippen molar-refractivity contribution in [3.63, 3.8) is 0 Å². The van der Waals surface area contributed by atoms with E-state index < -0.39 is 28.7 Å². The number of alkyl halides is 1. The highest BCUT2D eigenvalue weighted by Crippen LogP contribution is 2.68. The van der Waals surface area contributed by atoms with E-state index in [1.54, 1.807) is 43.3 Å². The molecule has 1 spiro atoms. The Morgan fingerprint density at radius 3 is 2.49 bits per heavy atom. The summed E-state index contributed by atoms with van der Waals surface area (Å²) in [7, 11) is 0. The second kappa shape index (κ2) is 13.6. The van der Waals surface area contributed by atoms with E-state index in [1.165, 1.54) is 0 Å². The number of aromatic nitrogens is 3. The van der Waals surface area contributed by atoms with Crippen LogP contribution in [0.4, 0.5) is 5.69 Å². The van der Waals surface area contributed by atoms with Gasteiger partial charge in [0, 0.05) is 28.9 Å². The van der Waals surface area contributed by atoms with Gasteiger partial charge in [-0.2, -0.15) is 0 Å². The van der Waals surface area contributed by atoms with E-state index in [1.807, 2.05) is 68.4 Å². The molecule has 0 aliphatic carbocycles. The Bertz CT molecular complexity index is 1670. The average Bonchev–Trinajstić information content (AvgIpc) is 3.79. The third kappa shape index (κ3) is 5.72. The fourth-order valence-electron chi connectivity index (χ4n) is 7.81. The number of hydrogen-bond donors (Lipinski definition) is 1. The van der Waals surface area contributed by atoms with Crippen LogP contribution >= 0.6 is 27.7 Å². The van der Waals surface area contributed by atoms with E-state index >= 15 is 4.79 Å². The van der Waals surface area contributed by atoms with Crippen LogP contribution in [0.5, 0.6) is 0 Å². The zero-order chi connectivity index (χ0) is 33.5. The summed E-state index contributed by atoms with van der Waals surface area (Å²) in [6.07, 6.45) is 4.40. The molecule has 1 aromatic heterocycles. The molecular formula is C35H41BrN6O4S. The molecule has 12 heteroatoms. The average molecular weight is 722 g/mol. The van der Waals surface area contributed by atoms with Gasteiger partial charge >= 0.3 is 0 Å². The molecule has 1 N–H and O–H groups in total. The third-order valence-electron chi connectivity index (χ3n) is 9.63. The minimum absolute atomic E-state index is 0.0908. The zero-order valence-electron chi connectivity index (χ0n) is 26.7. The van der Waals surface area contributed by atoms with Gasteiger partial charge in [-0.15, -0.1) is 30.0 Å². The molecule has 10 nitrogen and oxygen atoms in total. The predicted molar refractivity (Wildman–Crippen MR) is 188 cm³/mol. The number of aliphatic hydroxyl groups is 1. The van der Waals surface area contributed by atoms with Gasteiger partial charge in [-0.05, 0) is 43.0 Å². The van der Waals surface area contributed by atoms with E-state index in [-0.39, 0.29) is 60.1 Å². The minimum atomic E-state index is -0.900. The summed E-state index contributed by atoms with van der Waals surface area (Å²) in [5, 5.41) is 19.1. The van der Waals surface area contributed by atoms with Crippen LogP contribution < -0.4 is 4.90 Å². The lowest BCUT2D eigenvalue weighted by Gasteiger charge is -2.40. The smallest absolute Gasteiger partial charge is 0.248 e. The summed E-state index contributed by atoms with van der Waals surface area (Å²) in [6.45, 7) is 12.2. The van der Waals surface area contributed by atoms with Crippen molar-refractivity contribution in [1.82, 2.24) is 24.8 Å². The number of hydrogen-bond acceptors (Lipinski definition) is 7. The highest BCUT2D eigenvalue weighted by atomic mass is 79.9. The van der Waals surface area contributed by atoms with Gasteiger partial charge in [-0.25, -0.2) is 4.68 Å². The maximum atomic E-state index is 15.0. The highest BCUT2D eigenvalue weighted by molar-refractivity contribution is 9.09. The molecular weight excluding hydrogens is 680 g/mol. The van der Waals surface area contributed by atoms with Crippen molar-refractivity contribution in [3.05, 3.63) is 79.9 Å².